The molecule has 0 amide bonds. The van der Waals surface area contributed by atoms with Gasteiger partial charge in [-0.25, -0.2) is 4.39 Å². The van der Waals surface area contributed by atoms with E-state index in [-0.39, 0.29) is 12.3 Å². The highest BCUT2D eigenvalue weighted by Gasteiger charge is 2.12. The fourth-order valence-electron chi connectivity index (χ4n) is 1.20. The number of nitrogens with one attached hydrogen (secondary N) is 1. The fourth-order valence-corrected chi connectivity index (χ4v) is 1.20. The summed E-state index contributed by atoms with van der Waals surface area (Å²) in [5.74, 6) is -1.28. The predicted octanol–water partition coefficient (Wildman–Crippen LogP) is 1.40. The average Bonchev–Trinajstić information content (AvgIpc) is 2.27. The zero-order chi connectivity index (χ0) is 12.1. The lowest BCUT2D eigenvalue weighted by Gasteiger charge is -2.11. The molecule has 1 aromatic carbocycles. The van der Waals surface area contributed by atoms with Crippen molar-refractivity contribution >= 4 is 5.97 Å². The van der Waals surface area contributed by atoms with E-state index in [0.29, 0.717) is 5.56 Å². The van der Waals surface area contributed by atoms with E-state index >= 15 is 0 Å². The van der Waals surface area contributed by atoms with E-state index in [1.165, 1.54) is 20.1 Å². The van der Waals surface area contributed by atoms with Crippen LogP contribution >= 0.6 is 0 Å². The highest BCUT2D eigenvalue weighted by molar-refractivity contribution is 5.72. The van der Waals surface area contributed by atoms with E-state index in [9.17, 15) is 9.18 Å². The molecule has 0 saturated heterocycles. The molecule has 0 aliphatic heterocycles. The molecule has 0 radical (unpaired) electrons. The largest absolute Gasteiger partial charge is 0.494 e. The lowest BCUT2D eigenvalue weighted by molar-refractivity contribution is -0.139. The van der Waals surface area contributed by atoms with Crippen LogP contribution in [0.15, 0.2) is 18.2 Å². The van der Waals surface area contributed by atoms with Gasteiger partial charge >= 0.3 is 5.97 Å². The van der Waals surface area contributed by atoms with E-state index in [1.807, 2.05) is 0 Å². The third kappa shape index (κ3) is 2.93. The number of hydrogen-bond acceptors (Lipinski definition) is 3. The van der Waals surface area contributed by atoms with E-state index in [0.717, 1.165) is 0 Å². The highest BCUT2D eigenvalue weighted by Crippen LogP contribution is 2.19. The number of ether oxygens (including phenoxy) is 1. The molecule has 1 rings (SSSR count). The number of benzene rings is 1. The Hall–Kier alpha value is -1.62. The van der Waals surface area contributed by atoms with Gasteiger partial charge in [0, 0.05) is 12.1 Å². The van der Waals surface area contributed by atoms with Gasteiger partial charge < -0.3 is 15.2 Å². The van der Waals surface area contributed by atoms with E-state index < -0.39 is 17.8 Å². The highest BCUT2D eigenvalue weighted by atomic mass is 19.1. The van der Waals surface area contributed by atoms with E-state index in [4.69, 9.17) is 9.84 Å². The van der Waals surface area contributed by atoms with Crippen LogP contribution in [0.25, 0.3) is 0 Å². The second-order valence-electron chi connectivity index (χ2n) is 3.37. The minimum Gasteiger partial charge on any atom is -0.494 e. The lowest BCUT2D eigenvalue weighted by atomic mass is 10.2. The van der Waals surface area contributed by atoms with Gasteiger partial charge in [-0.15, -0.1) is 0 Å². The smallest absolute Gasteiger partial charge is 0.320 e. The molecular weight excluding hydrogens is 213 g/mol. The summed E-state index contributed by atoms with van der Waals surface area (Å²) in [6.45, 7) is 1.65. The summed E-state index contributed by atoms with van der Waals surface area (Å²) in [7, 11) is 1.38. The van der Waals surface area contributed by atoms with Crippen LogP contribution in [-0.2, 0) is 11.3 Å². The van der Waals surface area contributed by atoms with Crippen LogP contribution in [0.1, 0.15) is 12.5 Å². The predicted molar refractivity (Wildman–Crippen MR) is 56.9 cm³/mol. The van der Waals surface area contributed by atoms with Crippen LogP contribution in [0.4, 0.5) is 4.39 Å². The minimum atomic E-state index is -0.969. The Bertz CT molecular complexity index is 381. The van der Waals surface area contributed by atoms with Crippen molar-refractivity contribution in [2.24, 2.45) is 0 Å². The first-order valence-electron chi connectivity index (χ1n) is 4.83. The Morgan fingerprint density at radius 1 is 1.62 bits per heavy atom. The van der Waals surface area contributed by atoms with Gasteiger partial charge in [0.2, 0.25) is 0 Å². The number of methoxy groups -OCH3 is 1. The van der Waals surface area contributed by atoms with Gasteiger partial charge in [0.25, 0.3) is 0 Å². The van der Waals surface area contributed by atoms with Crippen molar-refractivity contribution in [1.29, 1.82) is 0 Å². The van der Waals surface area contributed by atoms with Gasteiger partial charge in [-0.2, -0.15) is 0 Å². The molecule has 2 N–H and O–H groups in total. The van der Waals surface area contributed by atoms with Crippen LogP contribution in [0.5, 0.6) is 5.75 Å². The molecule has 4 nitrogen and oxygen atoms in total. The van der Waals surface area contributed by atoms with Crippen molar-refractivity contribution in [2.75, 3.05) is 7.11 Å². The van der Waals surface area contributed by atoms with Crippen molar-refractivity contribution in [2.45, 2.75) is 19.5 Å². The van der Waals surface area contributed by atoms with Gasteiger partial charge in [-0.05, 0) is 13.0 Å². The molecule has 0 aromatic heterocycles. The first-order valence-corrected chi connectivity index (χ1v) is 4.83. The monoisotopic (exact) mass is 227 g/mol. The SMILES string of the molecule is COc1cccc(CN[C@H](C)C(=O)O)c1F. The molecule has 88 valence electrons. The summed E-state index contributed by atoms with van der Waals surface area (Å²) < 4.78 is 18.4. The number of carboxylic acid groups (broad SMARTS) is 1. The second kappa shape index (κ2) is 5.46. The fraction of sp³-hybridized carbons (Fsp3) is 0.364. The summed E-state index contributed by atoms with van der Waals surface area (Å²) in [5.41, 5.74) is 0.382. The molecule has 0 spiro atoms. The quantitative estimate of drug-likeness (QED) is 0.798. The molecule has 0 unspecified atom stereocenters. The molecule has 1 aromatic rings. The van der Waals surface area contributed by atoms with Gasteiger partial charge in [-0.3, -0.25) is 4.79 Å². The van der Waals surface area contributed by atoms with Crippen molar-refractivity contribution in [3.05, 3.63) is 29.6 Å². The lowest BCUT2D eigenvalue weighted by Crippen LogP contribution is -2.33. The van der Waals surface area contributed by atoms with Gasteiger partial charge in [0.05, 0.1) is 7.11 Å². The zero-order valence-corrected chi connectivity index (χ0v) is 9.16. The number of carbonyl (C=O) groups is 1. The summed E-state index contributed by atoms with van der Waals surface area (Å²) in [6.07, 6.45) is 0. The minimum absolute atomic E-state index is 0.149. The maximum atomic E-state index is 13.6. The Morgan fingerprint density at radius 3 is 2.88 bits per heavy atom. The van der Waals surface area contributed by atoms with Crippen molar-refractivity contribution in [3.63, 3.8) is 0 Å². The number of rotatable bonds is 5. The number of carboxylic acids is 1. The van der Waals surface area contributed by atoms with Crippen molar-refractivity contribution in [3.8, 4) is 5.75 Å². The summed E-state index contributed by atoms with van der Waals surface area (Å²) >= 11 is 0. The molecule has 0 bridgehead atoms. The zero-order valence-electron chi connectivity index (χ0n) is 9.16. The summed E-state index contributed by atoms with van der Waals surface area (Å²) in [5, 5.41) is 11.3. The number of aliphatic carboxylic acids is 1. The second-order valence-corrected chi connectivity index (χ2v) is 3.37. The number of halogens is 1. The van der Waals surface area contributed by atoms with Crippen LogP contribution in [0, 0.1) is 5.82 Å². The van der Waals surface area contributed by atoms with E-state index in [2.05, 4.69) is 5.32 Å². The van der Waals surface area contributed by atoms with Crippen molar-refractivity contribution in [1.82, 2.24) is 5.32 Å². The Balaban J connectivity index is 2.71. The van der Waals surface area contributed by atoms with E-state index in [1.54, 1.807) is 12.1 Å². The maximum absolute atomic E-state index is 13.6. The molecule has 1 atom stereocenters. The molecule has 0 fully saturated rings. The van der Waals surface area contributed by atoms with Crippen LogP contribution in [0.2, 0.25) is 0 Å². The third-order valence-corrected chi connectivity index (χ3v) is 2.23. The average molecular weight is 227 g/mol. The topological polar surface area (TPSA) is 58.6 Å². The van der Waals surface area contributed by atoms with Crippen LogP contribution in [0.3, 0.4) is 0 Å². The van der Waals surface area contributed by atoms with Gasteiger partial charge in [0.1, 0.15) is 6.04 Å². The number of hydrogen-bond donors (Lipinski definition) is 2. The van der Waals surface area contributed by atoms with Crippen molar-refractivity contribution < 1.29 is 19.0 Å². The third-order valence-electron chi connectivity index (χ3n) is 2.23. The maximum Gasteiger partial charge on any atom is 0.320 e. The molecule has 16 heavy (non-hydrogen) atoms. The summed E-state index contributed by atoms with van der Waals surface area (Å²) in [6, 6.07) is 4.04. The molecule has 0 heterocycles. The summed E-state index contributed by atoms with van der Waals surface area (Å²) in [4.78, 5) is 10.5. The molecule has 0 aliphatic carbocycles. The molecular formula is C11H14FNO3. The Morgan fingerprint density at radius 2 is 2.31 bits per heavy atom. The Labute approximate surface area is 93.0 Å². The Kier molecular flexibility index (Phi) is 4.25. The normalized spacial score (nSPS) is 12.2. The molecule has 0 saturated carbocycles. The standard InChI is InChI=1S/C11H14FNO3/c1-7(11(14)15)13-6-8-4-3-5-9(16-2)10(8)12/h3-5,7,13H,6H2,1-2H3,(H,14,15)/t7-/m1/s1. The first kappa shape index (κ1) is 12.4. The van der Waals surface area contributed by atoms with Gasteiger partial charge in [0.15, 0.2) is 11.6 Å². The van der Waals surface area contributed by atoms with Crippen LogP contribution in [-0.4, -0.2) is 24.2 Å². The molecule has 0 aliphatic rings. The van der Waals surface area contributed by atoms with Crippen LogP contribution < -0.4 is 10.1 Å². The molecule has 5 heteroatoms. The van der Waals surface area contributed by atoms with Gasteiger partial charge in [-0.1, -0.05) is 12.1 Å². The first-order chi connectivity index (χ1) is 7.56.